The molecule has 0 saturated carbocycles. The van der Waals surface area contributed by atoms with Crippen molar-refractivity contribution >= 4 is 22.8 Å². The van der Waals surface area contributed by atoms with Crippen LogP contribution in [0.1, 0.15) is 31.5 Å². The van der Waals surface area contributed by atoms with Crippen molar-refractivity contribution in [1.29, 1.82) is 0 Å². The number of nitrogens with one attached hydrogen (secondary N) is 2. The van der Waals surface area contributed by atoms with Gasteiger partial charge in [-0.2, -0.15) is 0 Å². The molecule has 0 unspecified atom stereocenters. The van der Waals surface area contributed by atoms with Gasteiger partial charge < -0.3 is 10.3 Å². The quantitative estimate of drug-likeness (QED) is 0.479. The number of hydrogen-bond acceptors (Lipinski definition) is 4. The third-order valence-corrected chi connectivity index (χ3v) is 4.76. The van der Waals surface area contributed by atoms with Crippen molar-refractivity contribution in [1.82, 2.24) is 19.9 Å². The number of amides is 1. The van der Waals surface area contributed by atoms with Crippen LogP contribution in [0.3, 0.4) is 0 Å². The summed E-state index contributed by atoms with van der Waals surface area (Å²) >= 11 is 0. The van der Waals surface area contributed by atoms with Gasteiger partial charge in [0.2, 0.25) is 5.91 Å². The number of fused-ring (bicyclic) bond motifs is 1. The number of halogens is 2. The van der Waals surface area contributed by atoms with Gasteiger partial charge in [-0.15, -0.1) is 0 Å². The van der Waals surface area contributed by atoms with Crippen molar-refractivity contribution in [3.05, 3.63) is 60.0 Å². The maximum absolute atomic E-state index is 13.3. The predicted molar refractivity (Wildman–Crippen MR) is 111 cm³/mol. The fraction of sp³-hybridized carbons (Fsp3) is 0.182. The zero-order chi connectivity index (χ0) is 21.3. The molecule has 0 spiro atoms. The molecule has 8 heteroatoms. The molecule has 0 atom stereocenters. The van der Waals surface area contributed by atoms with Gasteiger partial charge in [0.05, 0.1) is 28.0 Å². The second-order valence-corrected chi connectivity index (χ2v) is 6.78. The molecule has 152 valence electrons. The number of anilines is 1. The molecule has 0 bridgehead atoms. The molecule has 2 N–H and O–H groups in total. The van der Waals surface area contributed by atoms with Gasteiger partial charge in [-0.25, -0.2) is 18.7 Å². The third kappa shape index (κ3) is 3.63. The van der Waals surface area contributed by atoms with Crippen molar-refractivity contribution in [2.45, 2.75) is 26.7 Å². The second-order valence-electron chi connectivity index (χ2n) is 6.78. The highest BCUT2D eigenvalue weighted by Crippen LogP contribution is 2.38. The van der Waals surface area contributed by atoms with E-state index in [0.717, 1.165) is 23.1 Å². The van der Waals surface area contributed by atoms with E-state index in [1.54, 1.807) is 36.7 Å². The van der Waals surface area contributed by atoms with E-state index in [1.807, 2.05) is 13.0 Å². The summed E-state index contributed by atoms with van der Waals surface area (Å²) in [6.45, 7) is 3.44. The van der Waals surface area contributed by atoms with Crippen LogP contribution < -0.4 is 5.32 Å². The largest absolute Gasteiger partial charge is 0.352 e. The first-order chi connectivity index (χ1) is 14.5. The van der Waals surface area contributed by atoms with E-state index in [2.05, 4.69) is 25.3 Å². The molecule has 0 saturated heterocycles. The average molecular weight is 407 g/mol. The van der Waals surface area contributed by atoms with Gasteiger partial charge in [0.15, 0.2) is 0 Å². The number of H-pyrrole nitrogens is 1. The van der Waals surface area contributed by atoms with Gasteiger partial charge in [0.1, 0.15) is 11.5 Å². The van der Waals surface area contributed by atoms with E-state index in [4.69, 9.17) is 0 Å². The maximum Gasteiger partial charge on any atom is 0.280 e. The lowest BCUT2D eigenvalue weighted by Crippen LogP contribution is -2.07. The number of aromatic amines is 1. The Labute approximate surface area is 171 Å². The lowest BCUT2D eigenvalue weighted by atomic mass is 10.0. The number of aromatic nitrogens is 4. The normalized spacial score (nSPS) is 11.2. The van der Waals surface area contributed by atoms with Crippen LogP contribution in [0, 0.1) is 0 Å². The molecule has 0 aromatic carbocycles. The lowest BCUT2D eigenvalue weighted by Gasteiger charge is -2.08. The molecule has 4 heterocycles. The van der Waals surface area contributed by atoms with Gasteiger partial charge in [-0.05, 0) is 42.3 Å². The number of aryl methyl sites for hydroxylation is 1. The zero-order valence-corrected chi connectivity index (χ0v) is 16.4. The fourth-order valence-corrected chi connectivity index (χ4v) is 3.44. The van der Waals surface area contributed by atoms with Crippen LogP contribution in [0.25, 0.3) is 33.5 Å². The van der Waals surface area contributed by atoms with Gasteiger partial charge in [-0.1, -0.05) is 13.0 Å². The highest BCUT2D eigenvalue weighted by Gasteiger charge is 2.20. The Bertz CT molecular complexity index is 1240. The number of carbonyl (C=O) groups is 1. The zero-order valence-electron chi connectivity index (χ0n) is 16.4. The molecule has 4 aromatic heterocycles. The number of hydrogen-bond donors (Lipinski definition) is 2. The van der Waals surface area contributed by atoms with Crippen LogP contribution in [0.5, 0.6) is 0 Å². The smallest absolute Gasteiger partial charge is 0.280 e. The van der Waals surface area contributed by atoms with Gasteiger partial charge in [0, 0.05) is 24.9 Å². The van der Waals surface area contributed by atoms with Crippen LogP contribution in [-0.4, -0.2) is 25.8 Å². The Kier molecular flexibility index (Phi) is 5.22. The molecule has 30 heavy (non-hydrogen) atoms. The Morgan fingerprint density at radius 3 is 2.70 bits per heavy atom. The molecule has 0 aliphatic rings. The summed E-state index contributed by atoms with van der Waals surface area (Å²) < 4.78 is 26.6. The summed E-state index contributed by atoms with van der Waals surface area (Å²) in [7, 11) is 0. The Morgan fingerprint density at radius 2 is 1.97 bits per heavy atom. The molecule has 0 aliphatic carbocycles. The van der Waals surface area contributed by atoms with Gasteiger partial charge in [-0.3, -0.25) is 9.78 Å². The summed E-state index contributed by atoms with van der Waals surface area (Å²) in [4.78, 5) is 27.7. The first-order valence-electron chi connectivity index (χ1n) is 9.47. The second kappa shape index (κ2) is 7.98. The summed E-state index contributed by atoms with van der Waals surface area (Å²) in [5.74, 6) is 0.153. The minimum absolute atomic E-state index is 0.238. The minimum atomic E-state index is -2.68. The molecule has 0 radical (unpaired) electrons. The number of rotatable bonds is 5. The van der Waals surface area contributed by atoms with Crippen molar-refractivity contribution in [2.75, 3.05) is 5.32 Å². The third-order valence-electron chi connectivity index (χ3n) is 4.76. The molecule has 1 amide bonds. The summed E-state index contributed by atoms with van der Waals surface area (Å²) in [5.41, 5.74) is 4.66. The molecule has 4 aromatic rings. The SMILES string of the molecule is CCc1ccnc2c(-c3cccc(C(F)F)n3)c(-c3ccnc(NC(C)=O)c3)[nH]c12. The molecular weight excluding hydrogens is 388 g/mol. The van der Waals surface area contributed by atoms with E-state index in [0.29, 0.717) is 28.3 Å². The number of carbonyl (C=O) groups excluding carboxylic acids is 1. The number of alkyl halides is 2. The van der Waals surface area contributed by atoms with Crippen LogP contribution in [0.2, 0.25) is 0 Å². The summed E-state index contributed by atoms with van der Waals surface area (Å²) in [6.07, 6.45) is 1.38. The van der Waals surface area contributed by atoms with Crippen molar-refractivity contribution in [3.63, 3.8) is 0 Å². The summed E-state index contributed by atoms with van der Waals surface area (Å²) in [6, 6.07) is 9.97. The van der Waals surface area contributed by atoms with Crippen molar-refractivity contribution in [3.8, 4) is 22.5 Å². The number of nitrogens with zero attached hydrogens (tertiary/aromatic N) is 3. The number of pyridine rings is 3. The molecule has 4 rings (SSSR count). The Balaban J connectivity index is 1.99. The molecule has 0 aliphatic heterocycles. The van der Waals surface area contributed by atoms with Crippen LogP contribution in [0.4, 0.5) is 14.6 Å². The van der Waals surface area contributed by atoms with E-state index in [-0.39, 0.29) is 11.6 Å². The van der Waals surface area contributed by atoms with Crippen LogP contribution in [0.15, 0.2) is 48.8 Å². The molecule has 0 fully saturated rings. The minimum Gasteiger partial charge on any atom is -0.352 e. The monoisotopic (exact) mass is 407 g/mol. The van der Waals surface area contributed by atoms with Crippen molar-refractivity contribution < 1.29 is 13.6 Å². The van der Waals surface area contributed by atoms with E-state index < -0.39 is 6.43 Å². The Hall–Kier alpha value is -3.68. The van der Waals surface area contributed by atoms with Crippen LogP contribution >= 0.6 is 0 Å². The first-order valence-corrected chi connectivity index (χ1v) is 9.47. The highest BCUT2D eigenvalue weighted by molar-refractivity contribution is 6.02. The highest BCUT2D eigenvalue weighted by atomic mass is 19.3. The topological polar surface area (TPSA) is 83.6 Å². The predicted octanol–water partition coefficient (Wildman–Crippen LogP) is 5.15. The lowest BCUT2D eigenvalue weighted by molar-refractivity contribution is -0.114. The maximum atomic E-state index is 13.3. The molecule has 6 nitrogen and oxygen atoms in total. The fourth-order valence-electron chi connectivity index (χ4n) is 3.44. The summed E-state index contributed by atoms with van der Waals surface area (Å²) in [5, 5.41) is 2.66. The van der Waals surface area contributed by atoms with E-state index in [1.165, 1.54) is 13.0 Å². The van der Waals surface area contributed by atoms with Gasteiger partial charge >= 0.3 is 0 Å². The van der Waals surface area contributed by atoms with Crippen molar-refractivity contribution in [2.24, 2.45) is 0 Å². The van der Waals surface area contributed by atoms with Crippen LogP contribution in [-0.2, 0) is 11.2 Å². The molecular formula is C22H19F2N5O. The average Bonchev–Trinajstić information content (AvgIpc) is 3.13. The van der Waals surface area contributed by atoms with Gasteiger partial charge in [0.25, 0.3) is 6.43 Å². The van der Waals surface area contributed by atoms with E-state index >= 15 is 0 Å². The standard InChI is InChI=1S/C22H19F2N5O/c1-3-13-7-10-26-21-18(15-5-4-6-16(28-15)22(23)24)19(29-20(13)21)14-8-9-25-17(11-14)27-12(2)30/h4-11,22,29H,3H2,1-2H3,(H,25,27,30). The van der Waals surface area contributed by atoms with E-state index in [9.17, 15) is 13.6 Å². The first kappa shape index (κ1) is 19.6. The Morgan fingerprint density at radius 1 is 1.17 bits per heavy atom.